The standard InChI is InChI=1S/C23H23N3O10S/c1-2-34-23(29)37-19-11-20(21(27)35-13-15-3-7-17(8-4-15)25(30)31)24(12-19)22(28)36-14-16-5-9-18(10-6-16)26(32)33/h3-10,19-20H,2,11-14H2,1H3/t19?,20-/m0/s1. The lowest BCUT2D eigenvalue weighted by Crippen LogP contribution is -2.41. The minimum Gasteiger partial charge on any atom is -0.459 e. The van der Waals surface area contributed by atoms with E-state index in [9.17, 15) is 34.6 Å². The third-order valence-corrected chi connectivity index (χ3v) is 6.32. The van der Waals surface area contributed by atoms with E-state index in [0.717, 1.165) is 11.8 Å². The van der Waals surface area contributed by atoms with Crippen molar-refractivity contribution in [3.63, 3.8) is 0 Å². The Bertz CT molecular complexity index is 1070. The number of hydrogen-bond acceptors (Lipinski definition) is 11. The van der Waals surface area contributed by atoms with Gasteiger partial charge in [0.25, 0.3) is 11.4 Å². The van der Waals surface area contributed by atoms with E-state index >= 15 is 0 Å². The molecule has 1 amide bonds. The molecular weight excluding hydrogens is 510 g/mol. The highest BCUT2D eigenvalue weighted by atomic mass is 32.2. The van der Waals surface area contributed by atoms with E-state index in [1.54, 1.807) is 6.92 Å². The minimum atomic E-state index is -1.03. The Morgan fingerprint density at radius 2 is 1.41 bits per heavy atom. The van der Waals surface area contributed by atoms with Crippen LogP contribution in [0.4, 0.5) is 21.0 Å². The first kappa shape index (κ1) is 27.4. The molecule has 13 nitrogen and oxygen atoms in total. The molecule has 1 saturated heterocycles. The zero-order valence-electron chi connectivity index (χ0n) is 19.6. The van der Waals surface area contributed by atoms with Crippen LogP contribution in [0.15, 0.2) is 48.5 Å². The van der Waals surface area contributed by atoms with Crippen molar-refractivity contribution in [1.82, 2.24) is 4.90 Å². The van der Waals surface area contributed by atoms with Crippen LogP contribution in [0.1, 0.15) is 24.5 Å². The molecule has 1 unspecified atom stereocenters. The lowest BCUT2D eigenvalue weighted by molar-refractivity contribution is -0.385. The molecule has 1 fully saturated rings. The van der Waals surface area contributed by atoms with Gasteiger partial charge in [-0.25, -0.2) is 14.4 Å². The number of carbonyl (C=O) groups is 3. The second kappa shape index (κ2) is 12.7. The molecule has 0 spiro atoms. The molecule has 0 aromatic heterocycles. The Balaban J connectivity index is 1.65. The predicted octanol–water partition coefficient (Wildman–Crippen LogP) is 4.22. The van der Waals surface area contributed by atoms with E-state index in [0.29, 0.717) is 11.1 Å². The Morgan fingerprint density at radius 1 is 0.892 bits per heavy atom. The van der Waals surface area contributed by atoms with Crippen LogP contribution in [0.5, 0.6) is 0 Å². The maximum absolute atomic E-state index is 12.9. The highest BCUT2D eigenvalue weighted by Gasteiger charge is 2.43. The summed E-state index contributed by atoms with van der Waals surface area (Å²) in [5.41, 5.74) is 0.811. The third kappa shape index (κ3) is 7.64. The number of thioether (sulfide) groups is 1. The normalized spacial score (nSPS) is 16.6. The monoisotopic (exact) mass is 533 g/mol. The summed E-state index contributed by atoms with van der Waals surface area (Å²) in [6.07, 6.45) is -0.697. The van der Waals surface area contributed by atoms with E-state index in [1.807, 2.05) is 0 Å². The Morgan fingerprint density at radius 3 is 1.89 bits per heavy atom. The molecule has 1 heterocycles. The quantitative estimate of drug-likeness (QED) is 0.196. The average molecular weight is 534 g/mol. The first-order valence-electron chi connectivity index (χ1n) is 11.1. The SMILES string of the molecule is CCOC(=O)SC1C[C@@H](C(=O)OCc2ccc([N+](=O)[O-])cc2)N(C(=O)OCc2ccc([N+](=O)[O-])cc2)C1. The minimum absolute atomic E-state index is 0.0277. The number of ether oxygens (including phenoxy) is 3. The highest BCUT2D eigenvalue weighted by molar-refractivity contribution is 8.13. The number of non-ortho nitro benzene ring substituents is 2. The van der Waals surface area contributed by atoms with Gasteiger partial charge in [0.1, 0.15) is 19.3 Å². The Labute approximate surface area is 215 Å². The largest absolute Gasteiger partial charge is 0.459 e. The molecule has 1 aliphatic rings. The van der Waals surface area contributed by atoms with Gasteiger partial charge in [0.2, 0.25) is 0 Å². The average Bonchev–Trinajstić information content (AvgIpc) is 3.30. The topological polar surface area (TPSA) is 168 Å². The molecule has 0 saturated carbocycles. The fourth-order valence-electron chi connectivity index (χ4n) is 3.50. The van der Waals surface area contributed by atoms with Gasteiger partial charge in [0, 0.05) is 36.1 Å². The van der Waals surface area contributed by atoms with Crippen LogP contribution in [0.25, 0.3) is 0 Å². The number of esters is 1. The molecule has 0 bridgehead atoms. The molecule has 14 heteroatoms. The van der Waals surface area contributed by atoms with Crippen LogP contribution in [-0.4, -0.2) is 56.6 Å². The van der Waals surface area contributed by atoms with Gasteiger partial charge >= 0.3 is 17.4 Å². The van der Waals surface area contributed by atoms with E-state index in [4.69, 9.17) is 14.2 Å². The molecule has 2 aromatic rings. The summed E-state index contributed by atoms with van der Waals surface area (Å²) in [7, 11) is 0. The predicted molar refractivity (Wildman–Crippen MR) is 130 cm³/mol. The van der Waals surface area contributed by atoms with Crippen LogP contribution in [0.3, 0.4) is 0 Å². The van der Waals surface area contributed by atoms with E-state index in [1.165, 1.54) is 53.4 Å². The van der Waals surface area contributed by atoms with Gasteiger partial charge in [-0.3, -0.25) is 25.1 Å². The molecule has 0 aliphatic carbocycles. The lowest BCUT2D eigenvalue weighted by Gasteiger charge is -2.22. The van der Waals surface area contributed by atoms with Gasteiger partial charge in [-0.2, -0.15) is 0 Å². The van der Waals surface area contributed by atoms with Crippen LogP contribution in [0.2, 0.25) is 0 Å². The number of nitro benzene ring substituents is 2. The summed E-state index contributed by atoms with van der Waals surface area (Å²) >= 11 is 0.866. The smallest absolute Gasteiger partial charge is 0.410 e. The maximum Gasteiger partial charge on any atom is 0.410 e. The molecule has 2 atom stereocenters. The second-order valence-corrected chi connectivity index (χ2v) is 9.07. The molecule has 0 radical (unpaired) electrons. The number of nitro groups is 2. The molecule has 1 aliphatic heterocycles. The Hall–Kier alpha value is -4.20. The zero-order chi connectivity index (χ0) is 26.9. The van der Waals surface area contributed by atoms with Gasteiger partial charge in [-0.1, -0.05) is 0 Å². The van der Waals surface area contributed by atoms with Crippen LogP contribution >= 0.6 is 11.8 Å². The van der Waals surface area contributed by atoms with Crippen molar-refractivity contribution in [3.05, 3.63) is 79.9 Å². The van der Waals surface area contributed by atoms with Gasteiger partial charge in [-0.05, 0) is 60.5 Å². The molecule has 2 aromatic carbocycles. The van der Waals surface area contributed by atoms with Crippen molar-refractivity contribution in [2.45, 2.75) is 37.9 Å². The van der Waals surface area contributed by atoms with Gasteiger partial charge in [0.15, 0.2) is 0 Å². The summed E-state index contributed by atoms with van der Waals surface area (Å²) in [6.45, 7) is 1.51. The Kier molecular flexibility index (Phi) is 9.38. The fourth-order valence-corrected chi connectivity index (χ4v) is 4.47. The zero-order valence-corrected chi connectivity index (χ0v) is 20.5. The summed E-state index contributed by atoms with van der Waals surface area (Å²) in [6, 6.07) is 9.90. The number of hydrogen-bond donors (Lipinski definition) is 0. The number of amides is 1. The van der Waals surface area contributed by atoms with E-state index < -0.39 is 38.5 Å². The van der Waals surface area contributed by atoms with E-state index in [-0.39, 0.29) is 44.2 Å². The van der Waals surface area contributed by atoms with Crippen molar-refractivity contribution < 1.29 is 38.4 Å². The summed E-state index contributed by atoms with van der Waals surface area (Å²) in [4.78, 5) is 59.3. The van der Waals surface area contributed by atoms with Gasteiger partial charge < -0.3 is 14.2 Å². The lowest BCUT2D eigenvalue weighted by atomic mass is 10.2. The third-order valence-electron chi connectivity index (χ3n) is 5.33. The van der Waals surface area contributed by atoms with Crippen molar-refractivity contribution in [2.75, 3.05) is 13.2 Å². The second-order valence-electron chi connectivity index (χ2n) is 7.84. The first-order chi connectivity index (χ1) is 17.7. The van der Waals surface area contributed by atoms with Crippen LogP contribution in [0, 0.1) is 20.2 Å². The molecule has 37 heavy (non-hydrogen) atoms. The first-order valence-corrected chi connectivity index (χ1v) is 12.0. The molecular formula is C23H23N3O10S. The maximum atomic E-state index is 12.9. The van der Waals surface area contributed by atoms with Crippen molar-refractivity contribution >= 4 is 40.5 Å². The number of rotatable bonds is 9. The highest BCUT2D eigenvalue weighted by Crippen LogP contribution is 2.30. The molecule has 3 rings (SSSR count). The fraction of sp³-hybridized carbons (Fsp3) is 0.348. The van der Waals surface area contributed by atoms with Gasteiger partial charge in [-0.15, -0.1) is 0 Å². The van der Waals surface area contributed by atoms with Gasteiger partial charge in [0.05, 0.1) is 16.5 Å². The van der Waals surface area contributed by atoms with Crippen molar-refractivity contribution in [3.8, 4) is 0 Å². The number of benzene rings is 2. The molecule has 196 valence electrons. The number of nitrogens with zero attached hydrogens (tertiary/aromatic N) is 3. The van der Waals surface area contributed by atoms with Crippen LogP contribution in [-0.2, 0) is 32.2 Å². The van der Waals surface area contributed by atoms with Crippen LogP contribution < -0.4 is 0 Å². The van der Waals surface area contributed by atoms with Crippen molar-refractivity contribution in [1.29, 1.82) is 0 Å². The number of likely N-dealkylation sites (tertiary alicyclic amines) is 1. The number of carbonyl (C=O) groups excluding carboxylic acids is 3. The van der Waals surface area contributed by atoms with E-state index in [2.05, 4.69) is 0 Å². The molecule has 0 N–H and O–H groups in total. The summed E-state index contributed by atoms with van der Waals surface area (Å²) in [5.74, 6) is -0.724. The van der Waals surface area contributed by atoms with Crippen molar-refractivity contribution in [2.24, 2.45) is 0 Å². The summed E-state index contributed by atoms with van der Waals surface area (Å²) < 4.78 is 15.6. The summed E-state index contributed by atoms with van der Waals surface area (Å²) in [5, 5.41) is 20.6.